The zero-order chi connectivity index (χ0) is 20.4. The molecule has 11 heteroatoms. The molecule has 3 heterocycles. The Morgan fingerprint density at radius 1 is 1.39 bits per heavy atom. The van der Waals surface area contributed by atoms with Gasteiger partial charge in [0.1, 0.15) is 5.56 Å². The van der Waals surface area contributed by atoms with Crippen molar-refractivity contribution >= 4 is 34.2 Å². The lowest BCUT2D eigenvalue weighted by Crippen LogP contribution is -2.31. The molecule has 0 radical (unpaired) electrons. The maximum absolute atomic E-state index is 14.7. The average Bonchev–Trinajstić information content (AvgIpc) is 3.20. The summed E-state index contributed by atoms with van der Waals surface area (Å²) < 4.78 is 16.1. The fourth-order valence-corrected chi connectivity index (χ4v) is 3.22. The number of thiazole rings is 1. The molecule has 0 unspecified atom stereocenters. The van der Waals surface area contributed by atoms with Crippen molar-refractivity contribution in [1.82, 2.24) is 19.6 Å². The molecule has 0 bridgehead atoms. The number of hydrogen-bond acceptors (Lipinski definition) is 8. The SMILES string of the molecule is CON(C)CCN(C)c1nc2c(cc1F)c(=O)c(C(=O)O)cn2-c1nccs1. The van der Waals surface area contributed by atoms with E-state index < -0.39 is 22.8 Å². The largest absolute Gasteiger partial charge is 0.477 e. The van der Waals surface area contributed by atoms with Gasteiger partial charge >= 0.3 is 5.97 Å². The van der Waals surface area contributed by atoms with Gasteiger partial charge in [-0.15, -0.1) is 11.3 Å². The third kappa shape index (κ3) is 3.72. The van der Waals surface area contributed by atoms with E-state index in [1.165, 1.54) is 29.2 Å². The van der Waals surface area contributed by atoms with Crippen molar-refractivity contribution < 1.29 is 19.1 Å². The molecule has 3 rings (SSSR count). The second kappa shape index (κ2) is 8.00. The van der Waals surface area contributed by atoms with Crippen molar-refractivity contribution in [3.63, 3.8) is 0 Å². The van der Waals surface area contributed by atoms with Crippen LogP contribution in [0.5, 0.6) is 0 Å². The maximum atomic E-state index is 14.7. The van der Waals surface area contributed by atoms with Crippen LogP contribution in [0.2, 0.25) is 0 Å². The number of carbonyl (C=O) groups is 1. The van der Waals surface area contributed by atoms with Gasteiger partial charge in [0.25, 0.3) is 0 Å². The first-order valence-electron chi connectivity index (χ1n) is 8.19. The van der Waals surface area contributed by atoms with Crippen LogP contribution in [0.1, 0.15) is 10.4 Å². The van der Waals surface area contributed by atoms with Crippen LogP contribution in [0.25, 0.3) is 16.2 Å². The van der Waals surface area contributed by atoms with Crippen LogP contribution >= 0.6 is 11.3 Å². The van der Waals surface area contributed by atoms with Crippen molar-refractivity contribution in [1.29, 1.82) is 0 Å². The highest BCUT2D eigenvalue weighted by Gasteiger charge is 2.21. The van der Waals surface area contributed by atoms with Crippen molar-refractivity contribution in [2.75, 3.05) is 39.2 Å². The predicted molar refractivity (Wildman–Crippen MR) is 103 cm³/mol. The van der Waals surface area contributed by atoms with Gasteiger partial charge in [-0.05, 0) is 6.07 Å². The molecule has 0 saturated carbocycles. The fraction of sp³-hybridized carbons (Fsp3) is 0.294. The summed E-state index contributed by atoms with van der Waals surface area (Å²) in [5.41, 5.74) is -1.14. The van der Waals surface area contributed by atoms with Gasteiger partial charge < -0.3 is 14.8 Å². The highest BCUT2D eigenvalue weighted by atomic mass is 32.1. The minimum absolute atomic E-state index is 0.0322. The summed E-state index contributed by atoms with van der Waals surface area (Å²) in [5, 5.41) is 12.9. The smallest absolute Gasteiger partial charge is 0.341 e. The molecule has 0 amide bonds. The quantitative estimate of drug-likeness (QED) is 0.590. The minimum Gasteiger partial charge on any atom is -0.477 e. The molecule has 0 aliphatic carbocycles. The normalized spacial score (nSPS) is 11.3. The van der Waals surface area contributed by atoms with Crippen molar-refractivity contribution in [3.8, 4) is 5.13 Å². The number of hydroxylamine groups is 2. The molecule has 28 heavy (non-hydrogen) atoms. The molecule has 0 saturated heterocycles. The van der Waals surface area contributed by atoms with E-state index in [0.717, 1.165) is 6.07 Å². The number of aromatic nitrogens is 3. The van der Waals surface area contributed by atoms with E-state index in [-0.39, 0.29) is 16.9 Å². The summed E-state index contributed by atoms with van der Waals surface area (Å²) in [6.07, 6.45) is 2.71. The number of likely N-dealkylation sites (N-methyl/N-ethyl adjacent to an activating group) is 2. The van der Waals surface area contributed by atoms with Crippen molar-refractivity contribution in [2.45, 2.75) is 0 Å². The molecular weight excluding hydrogens is 389 g/mol. The second-order valence-electron chi connectivity index (χ2n) is 5.98. The molecule has 0 atom stereocenters. The second-order valence-corrected chi connectivity index (χ2v) is 6.86. The van der Waals surface area contributed by atoms with Gasteiger partial charge in [-0.1, -0.05) is 0 Å². The topological polar surface area (TPSA) is 101 Å². The summed E-state index contributed by atoms with van der Waals surface area (Å²) in [6, 6.07) is 1.02. The van der Waals surface area contributed by atoms with E-state index in [4.69, 9.17) is 4.84 Å². The van der Waals surface area contributed by atoms with Crippen molar-refractivity contribution in [3.05, 3.63) is 45.4 Å². The first-order valence-corrected chi connectivity index (χ1v) is 9.07. The van der Waals surface area contributed by atoms with Gasteiger partial charge in [-0.2, -0.15) is 5.06 Å². The van der Waals surface area contributed by atoms with E-state index in [0.29, 0.717) is 18.2 Å². The van der Waals surface area contributed by atoms with E-state index >= 15 is 0 Å². The number of fused-ring (bicyclic) bond motifs is 1. The molecule has 148 valence electrons. The molecular formula is C17H18FN5O4S. The summed E-state index contributed by atoms with van der Waals surface area (Å²) >= 11 is 1.24. The van der Waals surface area contributed by atoms with Gasteiger partial charge in [-0.25, -0.2) is 19.2 Å². The number of nitrogens with zero attached hydrogens (tertiary/aromatic N) is 5. The molecule has 0 aliphatic rings. The Hall–Kier alpha value is -2.89. The standard InChI is InChI=1S/C17H18FN5O4S/c1-21(5-6-22(2)27-3)15-12(18)8-10-13(24)11(16(25)26)9-23(14(10)20-15)17-19-4-7-28-17/h4,7-9H,5-6H2,1-3H3,(H,25,26). The number of rotatable bonds is 7. The monoisotopic (exact) mass is 407 g/mol. The van der Waals surface area contributed by atoms with E-state index in [1.54, 1.807) is 35.6 Å². The lowest BCUT2D eigenvalue weighted by atomic mass is 10.2. The van der Waals surface area contributed by atoms with Crippen molar-refractivity contribution in [2.24, 2.45) is 0 Å². The Morgan fingerprint density at radius 3 is 2.75 bits per heavy atom. The van der Waals surface area contributed by atoms with E-state index in [1.807, 2.05) is 0 Å². The van der Waals surface area contributed by atoms with Crippen LogP contribution in [-0.4, -0.2) is 65.0 Å². The highest BCUT2D eigenvalue weighted by Crippen LogP contribution is 2.23. The summed E-state index contributed by atoms with van der Waals surface area (Å²) in [4.78, 5) is 39.1. The highest BCUT2D eigenvalue weighted by molar-refractivity contribution is 7.12. The molecule has 3 aromatic heterocycles. The van der Waals surface area contributed by atoms with Crippen LogP contribution < -0.4 is 10.3 Å². The number of aromatic carboxylic acids is 1. The fourth-order valence-electron chi connectivity index (χ4n) is 2.60. The van der Waals surface area contributed by atoms with Gasteiger partial charge in [0, 0.05) is 45.0 Å². The minimum atomic E-state index is -1.40. The molecule has 0 spiro atoms. The zero-order valence-corrected chi connectivity index (χ0v) is 16.2. The Bertz CT molecular complexity index is 1070. The number of anilines is 1. The van der Waals surface area contributed by atoms with Crippen LogP contribution in [0.4, 0.5) is 10.2 Å². The maximum Gasteiger partial charge on any atom is 0.341 e. The van der Waals surface area contributed by atoms with Crippen LogP contribution in [0.15, 0.2) is 28.6 Å². The van der Waals surface area contributed by atoms with Crippen LogP contribution in [0, 0.1) is 5.82 Å². The molecule has 9 nitrogen and oxygen atoms in total. The summed E-state index contributed by atoms with van der Waals surface area (Å²) in [6.45, 7) is 0.901. The van der Waals surface area contributed by atoms with Crippen LogP contribution in [0.3, 0.4) is 0 Å². The molecule has 0 aromatic carbocycles. The number of halogens is 1. The van der Waals surface area contributed by atoms with E-state index in [9.17, 15) is 19.1 Å². The molecule has 0 fully saturated rings. The molecule has 3 aromatic rings. The van der Waals surface area contributed by atoms with E-state index in [2.05, 4.69) is 9.97 Å². The first kappa shape index (κ1) is 19.9. The van der Waals surface area contributed by atoms with Gasteiger partial charge in [0.15, 0.2) is 22.4 Å². The van der Waals surface area contributed by atoms with Crippen LogP contribution in [-0.2, 0) is 4.84 Å². The lowest BCUT2D eigenvalue weighted by Gasteiger charge is -2.22. The number of pyridine rings is 2. The Labute approximate surface area is 163 Å². The number of carboxylic acid groups (broad SMARTS) is 1. The lowest BCUT2D eigenvalue weighted by molar-refractivity contribution is -0.106. The third-order valence-corrected chi connectivity index (χ3v) is 4.96. The molecule has 1 N–H and O–H groups in total. The molecule has 0 aliphatic heterocycles. The Morgan fingerprint density at radius 2 is 2.14 bits per heavy atom. The Balaban J connectivity index is 2.19. The zero-order valence-electron chi connectivity index (χ0n) is 15.4. The summed E-state index contributed by atoms with van der Waals surface area (Å²) in [5.74, 6) is -2.09. The third-order valence-electron chi connectivity index (χ3n) is 4.19. The number of hydrogen-bond donors (Lipinski definition) is 1. The van der Waals surface area contributed by atoms with Gasteiger partial charge in [0.05, 0.1) is 12.5 Å². The summed E-state index contributed by atoms with van der Waals surface area (Å²) in [7, 11) is 4.94. The average molecular weight is 407 g/mol. The Kier molecular flexibility index (Phi) is 5.68. The predicted octanol–water partition coefficient (Wildman–Crippen LogP) is 1.61. The number of carboxylic acids is 1. The van der Waals surface area contributed by atoms with Gasteiger partial charge in [-0.3, -0.25) is 9.36 Å². The van der Waals surface area contributed by atoms with Gasteiger partial charge in [0.2, 0.25) is 5.43 Å². The first-order chi connectivity index (χ1) is 13.3.